The fraction of sp³-hybridized carbons (Fsp3) is 0.382. The number of hydrogen-bond donors (Lipinski definition) is 3. The molecule has 3 N–H and O–H groups in total. The zero-order valence-corrected chi connectivity index (χ0v) is 44.7. The first-order valence-electron chi connectivity index (χ1n) is 25.6. The zero-order chi connectivity index (χ0) is 53.6. The summed E-state index contributed by atoms with van der Waals surface area (Å²) in [7, 11) is -6.29. The lowest BCUT2D eigenvalue weighted by atomic mass is 10.1. The predicted octanol–water partition coefficient (Wildman–Crippen LogP) is 7.02. The van der Waals surface area contributed by atoms with E-state index in [0.717, 1.165) is 10.0 Å². The Bertz CT molecular complexity index is 3310. The van der Waals surface area contributed by atoms with Crippen molar-refractivity contribution in [2.75, 3.05) is 66.4 Å². The fourth-order valence-electron chi connectivity index (χ4n) is 10.5. The maximum atomic E-state index is 14.4. The van der Waals surface area contributed by atoms with Crippen LogP contribution < -0.4 is 30.5 Å². The Morgan fingerprint density at radius 3 is 1.29 bits per heavy atom. The molecule has 4 aromatic carbocycles. The minimum Gasteiger partial charge on any atom is -0.395 e. The number of carbonyl (C=O) groups is 2. The van der Waals surface area contributed by atoms with Crippen LogP contribution in [0.3, 0.4) is 0 Å². The molecule has 0 spiro atoms. The molecule has 0 radical (unpaired) electrons. The molecule has 4 aliphatic rings. The summed E-state index contributed by atoms with van der Waals surface area (Å²) in [6.07, 6.45) is 1.54. The van der Waals surface area contributed by atoms with Gasteiger partial charge in [0, 0.05) is 36.9 Å². The third kappa shape index (κ3) is 9.52. The van der Waals surface area contributed by atoms with Crippen molar-refractivity contribution in [1.82, 2.24) is 30.6 Å². The topological polar surface area (TPSA) is 230 Å². The summed E-state index contributed by atoms with van der Waals surface area (Å²) in [5.41, 5.74) is 2.31. The number of carbonyl (C=O) groups excluding carboxylic acids is 2. The maximum Gasteiger partial charge on any atom is 0.341 e. The van der Waals surface area contributed by atoms with Crippen LogP contribution in [-0.2, 0) is 38.6 Å². The second-order valence-corrected chi connectivity index (χ2v) is 24.5. The van der Waals surface area contributed by atoms with Gasteiger partial charge in [-0.1, -0.05) is 36.4 Å². The van der Waals surface area contributed by atoms with Crippen molar-refractivity contribution < 1.29 is 41.0 Å². The van der Waals surface area contributed by atoms with Crippen LogP contribution in [0.2, 0.25) is 0 Å². The van der Waals surface area contributed by atoms with Gasteiger partial charge in [0.2, 0.25) is 0 Å². The quantitative estimate of drug-likeness (QED) is 0.0931. The number of nitrogens with zero attached hydrogens (tertiary/aromatic N) is 8. The second kappa shape index (κ2) is 20.8. The molecule has 0 bridgehead atoms. The third-order valence-corrected chi connectivity index (χ3v) is 19.8. The summed E-state index contributed by atoms with van der Waals surface area (Å²) < 4.78 is 66.7. The van der Waals surface area contributed by atoms with Crippen molar-refractivity contribution in [1.29, 1.82) is 0 Å². The van der Waals surface area contributed by atoms with Gasteiger partial charge in [0.1, 0.15) is 21.1 Å². The number of aliphatic hydroxyl groups excluding tert-OH is 1. The number of aliphatic hydroxyl groups is 1. The molecule has 2 aliphatic carbocycles. The SMILES string of the molecule is CNC(=O)N(c1ccc(-c2nc(N3[C@@H](C)COC[C@@H]3C)cc(C3(S(=O)(=O)c4ccccc4)CC3)n2)cc1)N(C(=O)NCCO)c1ccc(-c2nc(N3[C@@H](C)COC[C@@H]3C)cc(C3(S(=O)(=O)c4ccccc4)CC3)n2)cc1. The summed E-state index contributed by atoms with van der Waals surface area (Å²) in [5, 5.41) is 17.4. The monoisotopic (exact) mass is 1070 g/mol. The Labute approximate surface area is 443 Å². The normalized spacial score (nSPS) is 20.8. The molecule has 2 saturated carbocycles. The molecule has 4 fully saturated rings. The number of rotatable bonds is 14. The van der Waals surface area contributed by atoms with Gasteiger partial charge in [0.15, 0.2) is 31.3 Å². The van der Waals surface area contributed by atoms with Gasteiger partial charge in [-0.3, -0.25) is 0 Å². The molecule has 21 heteroatoms. The number of benzene rings is 4. The molecule has 76 heavy (non-hydrogen) atoms. The Morgan fingerprint density at radius 1 is 0.579 bits per heavy atom. The summed E-state index contributed by atoms with van der Waals surface area (Å²) in [6, 6.07) is 32.0. The Hall–Kier alpha value is -7.04. The van der Waals surface area contributed by atoms with Gasteiger partial charge in [-0.2, -0.15) is 10.0 Å². The summed E-state index contributed by atoms with van der Waals surface area (Å²) in [5.74, 6) is 1.67. The number of amides is 4. The standard InChI is InChI=1S/C55H62N10O9S2/c1-36-32-73-33-37(2)62(36)48-30-46(54(24-25-54)75(69,70)44-12-8-6-9-13-44)58-50(60-48)40-16-20-42(21-17-40)64(52(67)56-5)65(53(68)57-28-29-66)43-22-18-41(19-23-43)51-59-47(31-49(61-51)63-38(3)34-74-35-39(63)4)55(26-27-55)76(71,72)45-14-10-7-11-15-45/h6-23,30-31,36-39,66H,24-29,32-35H2,1-5H3,(H,56,67)(H,57,68)/t36-,37-,38-,39-/m0/s1. The second-order valence-electron chi connectivity index (χ2n) is 20.0. The number of anilines is 4. The molecule has 2 saturated heterocycles. The van der Waals surface area contributed by atoms with Gasteiger partial charge in [-0.05, 0) is 126 Å². The average molecular weight is 1070 g/mol. The number of sulfone groups is 2. The van der Waals surface area contributed by atoms with E-state index in [9.17, 15) is 31.5 Å². The number of aromatic nitrogens is 4. The van der Waals surface area contributed by atoms with E-state index < -0.39 is 41.2 Å². The lowest BCUT2D eigenvalue weighted by Gasteiger charge is -2.40. The average Bonchev–Trinajstić information content (AvgIpc) is 4.51. The number of ether oxygens (including phenoxy) is 2. The van der Waals surface area contributed by atoms with E-state index in [-0.39, 0.29) is 70.1 Å². The van der Waals surface area contributed by atoms with Crippen molar-refractivity contribution in [2.24, 2.45) is 0 Å². The van der Waals surface area contributed by atoms with Crippen molar-refractivity contribution in [3.8, 4) is 22.8 Å². The van der Waals surface area contributed by atoms with E-state index in [2.05, 4.69) is 20.4 Å². The first-order valence-corrected chi connectivity index (χ1v) is 28.5. The molecule has 2 aliphatic heterocycles. The van der Waals surface area contributed by atoms with E-state index in [0.29, 0.717) is 86.3 Å². The molecular formula is C55H62N10O9S2. The van der Waals surface area contributed by atoms with Gasteiger partial charge in [-0.15, -0.1) is 0 Å². The lowest BCUT2D eigenvalue weighted by Crippen LogP contribution is -2.57. The highest BCUT2D eigenvalue weighted by atomic mass is 32.2. The number of hydrazine groups is 1. The molecule has 19 nitrogen and oxygen atoms in total. The molecule has 398 valence electrons. The third-order valence-electron chi connectivity index (χ3n) is 14.7. The van der Waals surface area contributed by atoms with Crippen LogP contribution in [0.5, 0.6) is 0 Å². The number of nitrogens with one attached hydrogen (secondary N) is 2. The molecular weight excluding hydrogens is 1010 g/mol. The molecule has 4 amide bonds. The minimum absolute atomic E-state index is 0.0720. The summed E-state index contributed by atoms with van der Waals surface area (Å²) in [6.45, 7) is 9.45. The Morgan fingerprint density at radius 2 is 0.947 bits per heavy atom. The zero-order valence-electron chi connectivity index (χ0n) is 43.0. The van der Waals surface area contributed by atoms with E-state index in [1.807, 2.05) is 27.7 Å². The van der Waals surface area contributed by atoms with Crippen molar-refractivity contribution in [3.05, 3.63) is 133 Å². The number of morpholine rings is 2. The molecule has 4 heterocycles. The van der Waals surface area contributed by atoms with Gasteiger partial charge in [0.25, 0.3) is 0 Å². The van der Waals surface area contributed by atoms with Crippen LogP contribution in [-0.4, -0.2) is 125 Å². The smallest absolute Gasteiger partial charge is 0.341 e. The Balaban J connectivity index is 1.03. The van der Waals surface area contributed by atoms with E-state index >= 15 is 0 Å². The first kappa shape index (κ1) is 52.4. The van der Waals surface area contributed by atoms with Crippen molar-refractivity contribution in [2.45, 2.75) is 96.8 Å². The van der Waals surface area contributed by atoms with Gasteiger partial charge >= 0.3 is 12.1 Å². The molecule has 2 aromatic heterocycles. The predicted molar refractivity (Wildman–Crippen MR) is 288 cm³/mol. The van der Waals surface area contributed by atoms with Crippen LogP contribution in [0.4, 0.5) is 32.6 Å². The van der Waals surface area contributed by atoms with E-state index in [1.54, 1.807) is 121 Å². The Kier molecular flexibility index (Phi) is 14.4. The summed E-state index contributed by atoms with van der Waals surface area (Å²) >= 11 is 0. The summed E-state index contributed by atoms with van der Waals surface area (Å²) in [4.78, 5) is 53.2. The van der Waals surface area contributed by atoms with Crippen LogP contribution in [0, 0.1) is 0 Å². The van der Waals surface area contributed by atoms with Crippen LogP contribution >= 0.6 is 0 Å². The van der Waals surface area contributed by atoms with E-state index in [1.165, 1.54) is 7.05 Å². The van der Waals surface area contributed by atoms with Crippen LogP contribution in [0.25, 0.3) is 22.8 Å². The van der Waals surface area contributed by atoms with Gasteiger partial charge in [-0.25, -0.2) is 46.4 Å². The fourth-order valence-corrected chi connectivity index (χ4v) is 14.4. The number of hydrogen-bond acceptors (Lipinski definition) is 15. The van der Waals surface area contributed by atoms with Crippen LogP contribution in [0.1, 0.15) is 64.8 Å². The lowest BCUT2D eigenvalue weighted by molar-refractivity contribution is 0.0752. The molecule has 0 unspecified atom stereocenters. The maximum absolute atomic E-state index is 14.4. The highest BCUT2D eigenvalue weighted by molar-refractivity contribution is 7.93. The van der Waals surface area contributed by atoms with E-state index in [4.69, 9.17) is 29.4 Å². The molecule has 4 atom stereocenters. The minimum atomic E-state index is -3.87. The van der Waals surface area contributed by atoms with Crippen molar-refractivity contribution >= 4 is 54.7 Å². The molecule has 6 aromatic rings. The first-order chi connectivity index (χ1) is 36.5. The van der Waals surface area contributed by atoms with Crippen LogP contribution in [0.15, 0.2) is 131 Å². The highest BCUT2D eigenvalue weighted by Gasteiger charge is 2.59. The molecule has 10 rings (SSSR count). The van der Waals surface area contributed by atoms with Crippen molar-refractivity contribution in [3.63, 3.8) is 0 Å². The van der Waals surface area contributed by atoms with Gasteiger partial charge in [0.05, 0.1) is 89.8 Å². The largest absolute Gasteiger partial charge is 0.395 e. The van der Waals surface area contributed by atoms with Gasteiger partial charge < -0.3 is 35.0 Å². The number of urea groups is 2. The highest BCUT2D eigenvalue weighted by Crippen LogP contribution is 2.56.